The van der Waals surface area contributed by atoms with Crippen molar-refractivity contribution in [3.8, 4) is 0 Å². The average Bonchev–Trinajstić information content (AvgIpc) is 2.87. The quantitative estimate of drug-likeness (QED) is 0.891. The normalized spacial score (nSPS) is 26.2. The Morgan fingerprint density at radius 3 is 3.00 bits per heavy atom. The lowest BCUT2D eigenvalue weighted by Gasteiger charge is -2.31. The maximum absolute atomic E-state index is 5.55. The number of furan rings is 1. The molecule has 2 aliphatic rings. The van der Waals surface area contributed by atoms with Gasteiger partial charge in [-0.05, 0) is 64.3 Å². The van der Waals surface area contributed by atoms with Crippen molar-refractivity contribution in [3.63, 3.8) is 0 Å². The highest BCUT2D eigenvalue weighted by molar-refractivity contribution is 5.23. The first kappa shape index (κ1) is 12.2. The van der Waals surface area contributed by atoms with E-state index < -0.39 is 0 Å². The van der Waals surface area contributed by atoms with E-state index in [1.807, 2.05) is 6.26 Å². The van der Waals surface area contributed by atoms with Gasteiger partial charge in [0, 0.05) is 18.0 Å². The van der Waals surface area contributed by atoms with E-state index in [0.29, 0.717) is 6.04 Å². The number of aryl methyl sites for hydroxylation is 1. The molecule has 1 N–H and O–H groups in total. The summed E-state index contributed by atoms with van der Waals surface area (Å²) in [5.74, 6) is 2.07. The van der Waals surface area contributed by atoms with Crippen LogP contribution in [0.5, 0.6) is 0 Å². The van der Waals surface area contributed by atoms with E-state index in [9.17, 15) is 0 Å². The van der Waals surface area contributed by atoms with Crippen LogP contribution in [0.1, 0.15) is 43.0 Å². The van der Waals surface area contributed by atoms with E-state index in [0.717, 1.165) is 12.3 Å². The lowest BCUT2D eigenvalue weighted by atomic mass is 9.91. The maximum atomic E-state index is 5.55. The summed E-state index contributed by atoms with van der Waals surface area (Å²) in [4.78, 5) is 2.44. The fourth-order valence-corrected chi connectivity index (χ4v) is 3.27. The number of likely N-dealkylation sites (tertiary alicyclic amines) is 1. The molecule has 1 aliphatic carbocycles. The highest BCUT2D eigenvalue weighted by atomic mass is 16.3. The molecule has 0 aromatic carbocycles. The van der Waals surface area contributed by atoms with Crippen molar-refractivity contribution in [1.82, 2.24) is 10.2 Å². The number of fused-ring (bicyclic) bond motifs is 1. The fraction of sp³-hybridized carbons (Fsp3) is 0.733. The molecule has 18 heavy (non-hydrogen) atoms. The summed E-state index contributed by atoms with van der Waals surface area (Å²) in [5.41, 5.74) is 1.41. The topological polar surface area (TPSA) is 28.4 Å². The van der Waals surface area contributed by atoms with Crippen molar-refractivity contribution in [2.45, 2.75) is 38.1 Å². The van der Waals surface area contributed by atoms with Crippen LogP contribution in [0.4, 0.5) is 0 Å². The van der Waals surface area contributed by atoms with Crippen molar-refractivity contribution < 1.29 is 4.42 Å². The lowest BCUT2D eigenvalue weighted by molar-refractivity contribution is 0.211. The number of nitrogens with one attached hydrogen (secondary N) is 1. The number of hydrogen-bond acceptors (Lipinski definition) is 3. The Labute approximate surface area is 110 Å². The average molecular weight is 248 g/mol. The standard InChI is InChI=1S/C15H24N2O/c1-17-8-5-12(6-9-17)11-16-14-3-2-4-15-13(14)7-10-18-15/h7,10,12,14,16H,2-6,8-9,11H2,1H3. The van der Waals surface area contributed by atoms with Gasteiger partial charge in [0.25, 0.3) is 0 Å². The zero-order valence-electron chi connectivity index (χ0n) is 11.3. The Hall–Kier alpha value is -0.800. The number of hydrogen-bond donors (Lipinski definition) is 1. The van der Waals surface area contributed by atoms with Crippen LogP contribution < -0.4 is 5.32 Å². The fourth-order valence-electron chi connectivity index (χ4n) is 3.27. The van der Waals surface area contributed by atoms with E-state index in [1.165, 1.54) is 56.6 Å². The van der Waals surface area contributed by atoms with Crippen LogP contribution in [0.25, 0.3) is 0 Å². The third-order valence-corrected chi connectivity index (χ3v) is 4.54. The van der Waals surface area contributed by atoms with Gasteiger partial charge in [-0.2, -0.15) is 0 Å². The third kappa shape index (κ3) is 2.62. The minimum absolute atomic E-state index is 0.534. The lowest BCUT2D eigenvalue weighted by Crippen LogP contribution is -2.36. The Morgan fingerprint density at radius 1 is 1.33 bits per heavy atom. The summed E-state index contributed by atoms with van der Waals surface area (Å²) in [6.45, 7) is 3.69. The van der Waals surface area contributed by atoms with Gasteiger partial charge in [-0.25, -0.2) is 0 Å². The smallest absolute Gasteiger partial charge is 0.108 e. The van der Waals surface area contributed by atoms with Crippen molar-refractivity contribution in [3.05, 3.63) is 23.7 Å². The van der Waals surface area contributed by atoms with Crippen molar-refractivity contribution in [2.75, 3.05) is 26.7 Å². The van der Waals surface area contributed by atoms with Crippen molar-refractivity contribution >= 4 is 0 Å². The van der Waals surface area contributed by atoms with Crippen LogP contribution in [-0.2, 0) is 6.42 Å². The largest absolute Gasteiger partial charge is 0.469 e. The molecule has 1 saturated heterocycles. The predicted molar refractivity (Wildman–Crippen MR) is 72.6 cm³/mol. The van der Waals surface area contributed by atoms with E-state index >= 15 is 0 Å². The molecule has 0 amide bonds. The Morgan fingerprint density at radius 2 is 2.17 bits per heavy atom. The monoisotopic (exact) mass is 248 g/mol. The van der Waals surface area contributed by atoms with Gasteiger partial charge >= 0.3 is 0 Å². The van der Waals surface area contributed by atoms with Gasteiger partial charge in [-0.3, -0.25) is 0 Å². The summed E-state index contributed by atoms with van der Waals surface area (Å²) in [6, 6.07) is 2.69. The molecule has 0 saturated carbocycles. The molecule has 100 valence electrons. The van der Waals surface area contributed by atoms with Gasteiger partial charge in [0.05, 0.1) is 6.26 Å². The van der Waals surface area contributed by atoms with Crippen LogP contribution in [0.15, 0.2) is 16.7 Å². The summed E-state index contributed by atoms with van der Waals surface area (Å²) >= 11 is 0. The van der Waals surface area contributed by atoms with Gasteiger partial charge in [-0.15, -0.1) is 0 Å². The molecule has 1 aliphatic heterocycles. The van der Waals surface area contributed by atoms with Gasteiger partial charge in [0.15, 0.2) is 0 Å². The second-order valence-corrected chi connectivity index (χ2v) is 5.90. The molecule has 3 heteroatoms. The van der Waals surface area contributed by atoms with Crippen molar-refractivity contribution in [2.24, 2.45) is 5.92 Å². The molecule has 1 aromatic heterocycles. The van der Waals surface area contributed by atoms with Crippen molar-refractivity contribution in [1.29, 1.82) is 0 Å². The molecule has 1 atom stereocenters. The molecule has 0 radical (unpaired) electrons. The van der Waals surface area contributed by atoms with Crippen LogP contribution in [-0.4, -0.2) is 31.6 Å². The predicted octanol–water partition coefficient (Wildman–Crippen LogP) is 2.59. The van der Waals surface area contributed by atoms with E-state index in [1.54, 1.807) is 0 Å². The number of rotatable bonds is 3. The third-order valence-electron chi connectivity index (χ3n) is 4.54. The van der Waals surface area contributed by atoms with Crippen LogP contribution >= 0.6 is 0 Å². The number of nitrogens with zero attached hydrogens (tertiary/aromatic N) is 1. The molecular formula is C15H24N2O. The summed E-state index contributed by atoms with van der Waals surface area (Å²) in [5, 5.41) is 3.77. The zero-order valence-corrected chi connectivity index (χ0v) is 11.3. The molecular weight excluding hydrogens is 224 g/mol. The maximum Gasteiger partial charge on any atom is 0.108 e. The molecule has 0 bridgehead atoms. The van der Waals surface area contributed by atoms with E-state index in [-0.39, 0.29) is 0 Å². The molecule has 2 heterocycles. The first-order valence-electron chi connectivity index (χ1n) is 7.31. The molecule has 0 spiro atoms. The molecule has 1 fully saturated rings. The second kappa shape index (κ2) is 5.45. The minimum atomic E-state index is 0.534. The minimum Gasteiger partial charge on any atom is -0.469 e. The molecule has 3 nitrogen and oxygen atoms in total. The van der Waals surface area contributed by atoms with Crippen LogP contribution in [0.2, 0.25) is 0 Å². The Kier molecular flexibility index (Phi) is 3.71. The summed E-state index contributed by atoms with van der Waals surface area (Å²) < 4.78 is 5.55. The van der Waals surface area contributed by atoms with Gasteiger partial charge in [0.1, 0.15) is 5.76 Å². The van der Waals surface area contributed by atoms with E-state index in [4.69, 9.17) is 4.42 Å². The number of piperidine rings is 1. The first-order chi connectivity index (χ1) is 8.83. The molecule has 3 rings (SSSR count). The molecule has 1 aromatic rings. The first-order valence-corrected chi connectivity index (χ1v) is 7.31. The highest BCUT2D eigenvalue weighted by Crippen LogP contribution is 2.30. The highest BCUT2D eigenvalue weighted by Gasteiger charge is 2.24. The summed E-state index contributed by atoms with van der Waals surface area (Å²) in [7, 11) is 2.22. The van der Waals surface area contributed by atoms with Gasteiger partial charge in [-0.1, -0.05) is 0 Å². The Balaban J connectivity index is 1.52. The van der Waals surface area contributed by atoms with Gasteiger partial charge in [0.2, 0.25) is 0 Å². The van der Waals surface area contributed by atoms with Crippen LogP contribution in [0.3, 0.4) is 0 Å². The van der Waals surface area contributed by atoms with Crippen LogP contribution in [0, 0.1) is 5.92 Å². The van der Waals surface area contributed by atoms with Gasteiger partial charge < -0.3 is 14.6 Å². The van der Waals surface area contributed by atoms with E-state index in [2.05, 4.69) is 23.3 Å². The Bertz CT molecular complexity index is 380. The zero-order chi connectivity index (χ0) is 12.4. The SMILES string of the molecule is CN1CCC(CNC2CCCc3occc32)CC1. The second-order valence-electron chi connectivity index (χ2n) is 5.90. The summed E-state index contributed by atoms with van der Waals surface area (Å²) in [6.07, 6.45) is 8.17. The molecule has 1 unspecified atom stereocenters.